The van der Waals surface area contributed by atoms with Gasteiger partial charge in [0, 0.05) is 25.4 Å². The quantitative estimate of drug-likeness (QED) is 0.597. The molecule has 1 rings (SSSR count). The predicted molar refractivity (Wildman–Crippen MR) is 66.8 cm³/mol. The molecule has 0 aromatic heterocycles. The third-order valence-electron chi connectivity index (χ3n) is 2.39. The normalized spacial score (nSPS) is 17.9. The molecule has 2 nitrogen and oxygen atoms in total. The topological polar surface area (TPSA) is 23.5 Å². The molecule has 0 aromatic carbocycles. The molecular weight excluding hydrogens is 214 g/mol. The van der Waals surface area contributed by atoms with Crippen LogP contribution in [0.25, 0.3) is 0 Å². The van der Waals surface area contributed by atoms with E-state index in [1.807, 2.05) is 0 Å². The summed E-state index contributed by atoms with van der Waals surface area (Å²) in [6, 6.07) is 0. The molecule has 0 spiro atoms. The Morgan fingerprint density at radius 1 is 1.21 bits per heavy atom. The van der Waals surface area contributed by atoms with Crippen LogP contribution in [0.1, 0.15) is 32.1 Å². The smallest absolute Gasteiger partial charge is 0.136 e. The molecule has 1 fully saturated rings. The highest BCUT2D eigenvalue weighted by Crippen LogP contribution is 2.16. The van der Waals surface area contributed by atoms with Gasteiger partial charge in [-0.25, -0.2) is 0 Å². The highest BCUT2D eigenvalue weighted by Gasteiger charge is 2.11. The number of likely N-dealkylation sites (tertiary alicyclic amines) is 1. The second-order valence-corrected chi connectivity index (χ2v) is 5.32. The lowest BCUT2D eigenvalue weighted by Crippen LogP contribution is -2.28. The monoisotopic (exact) mass is 233 g/mol. The van der Waals surface area contributed by atoms with E-state index < -0.39 is 0 Å². The molecule has 0 aromatic rings. The highest BCUT2D eigenvalue weighted by atomic mass is 32.2. The minimum absolute atomic E-state index is 0.273. The number of thiocarbonyl (C=S) groups is 1. The molecule has 4 heteroatoms. The van der Waals surface area contributed by atoms with Crippen LogP contribution in [0.5, 0.6) is 0 Å². The number of hydrogen-bond acceptors (Lipinski definition) is 3. The van der Waals surface area contributed by atoms with Crippen LogP contribution < -0.4 is 0 Å². The Labute approximate surface area is 96.1 Å². The van der Waals surface area contributed by atoms with Crippen LogP contribution in [0.3, 0.4) is 0 Å². The van der Waals surface area contributed by atoms with Gasteiger partial charge < -0.3 is 10.0 Å². The van der Waals surface area contributed by atoms with Crippen LogP contribution in [0.15, 0.2) is 0 Å². The first-order valence-electron chi connectivity index (χ1n) is 5.37. The van der Waals surface area contributed by atoms with Crippen LogP contribution >= 0.6 is 24.0 Å². The highest BCUT2D eigenvalue weighted by molar-refractivity contribution is 8.22. The van der Waals surface area contributed by atoms with Gasteiger partial charge in [0.05, 0.1) is 0 Å². The van der Waals surface area contributed by atoms with E-state index in [0.29, 0.717) is 0 Å². The van der Waals surface area contributed by atoms with E-state index in [1.165, 1.54) is 25.7 Å². The Hall–Kier alpha value is 0.200. The van der Waals surface area contributed by atoms with Crippen molar-refractivity contribution in [2.24, 2.45) is 0 Å². The zero-order valence-electron chi connectivity index (χ0n) is 8.57. The second kappa shape index (κ2) is 7.49. The van der Waals surface area contributed by atoms with Gasteiger partial charge in [-0.1, -0.05) is 36.8 Å². The van der Waals surface area contributed by atoms with E-state index in [2.05, 4.69) is 4.90 Å². The molecule has 0 aliphatic carbocycles. The summed E-state index contributed by atoms with van der Waals surface area (Å²) in [5.41, 5.74) is 0. The van der Waals surface area contributed by atoms with Gasteiger partial charge >= 0.3 is 0 Å². The summed E-state index contributed by atoms with van der Waals surface area (Å²) in [5, 5.41) is 8.66. The summed E-state index contributed by atoms with van der Waals surface area (Å²) in [5.74, 6) is 0.950. The number of hydrogen-bond donors (Lipinski definition) is 1. The molecule has 14 heavy (non-hydrogen) atoms. The Bertz CT molecular complexity index is 168. The maximum atomic E-state index is 8.66. The van der Waals surface area contributed by atoms with Crippen molar-refractivity contribution < 1.29 is 5.11 Å². The number of thioether (sulfide) groups is 1. The van der Waals surface area contributed by atoms with Gasteiger partial charge in [0.2, 0.25) is 0 Å². The Balaban J connectivity index is 2.20. The number of rotatable bonds is 3. The molecule has 0 saturated carbocycles. The van der Waals surface area contributed by atoms with E-state index in [1.54, 1.807) is 11.8 Å². The van der Waals surface area contributed by atoms with Crippen molar-refractivity contribution >= 4 is 28.3 Å². The lowest BCUT2D eigenvalue weighted by Gasteiger charge is -2.22. The van der Waals surface area contributed by atoms with E-state index in [9.17, 15) is 0 Å². The lowest BCUT2D eigenvalue weighted by atomic mass is 10.2. The first-order valence-corrected chi connectivity index (χ1v) is 6.76. The van der Waals surface area contributed by atoms with Crippen LogP contribution in [0, 0.1) is 0 Å². The van der Waals surface area contributed by atoms with Crippen molar-refractivity contribution in [3.63, 3.8) is 0 Å². The molecule has 1 saturated heterocycles. The maximum Gasteiger partial charge on any atom is 0.136 e. The number of nitrogens with zero attached hydrogens (tertiary/aromatic N) is 1. The fourth-order valence-electron chi connectivity index (χ4n) is 1.57. The minimum Gasteiger partial charge on any atom is -0.396 e. The van der Waals surface area contributed by atoms with Gasteiger partial charge in [0.1, 0.15) is 4.32 Å². The van der Waals surface area contributed by atoms with Gasteiger partial charge in [-0.3, -0.25) is 0 Å². The summed E-state index contributed by atoms with van der Waals surface area (Å²) in [7, 11) is 0. The van der Waals surface area contributed by atoms with Crippen molar-refractivity contribution in [3.8, 4) is 0 Å². The summed E-state index contributed by atoms with van der Waals surface area (Å²) < 4.78 is 1.03. The van der Waals surface area contributed by atoms with Gasteiger partial charge in [-0.2, -0.15) is 0 Å². The zero-order valence-corrected chi connectivity index (χ0v) is 10.2. The van der Waals surface area contributed by atoms with Crippen molar-refractivity contribution in [2.75, 3.05) is 25.4 Å². The van der Waals surface area contributed by atoms with E-state index in [0.717, 1.165) is 29.6 Å². The first-order chi connectivity index (χ1) is 6.84. The fraction of sp³-hybridized carbons (Fsp3) is 0.900. The van der Waals surface area contributed by atoms with Crippen LogP contribution in [-0.2, 0) is 0 Å². The third kappa shape index (κ3) is 4.62. The summed E-state index contributed by atoms with van der Waals surface area (Å²) in [4.78, 5) is 2.32. The van der Waals surface area contributed by atoms with Crippen molar-refractivity contribution in [3.05, 3.63) is 0 Å². The molecule has 0 radical (unpaired) electrons. The van der Waals surface area contributed by atoms with Gasteiger partial charge in [0.25, 0.3) is 0 Å². The van der Waals surface area contributed by atoms with Gasteiger partial charge in [-0.05, 0) is 19.3 Å². The Morgan fingerprint density at radius 2 is 1.86 bits per heavy atom. The Kier molecular flexibility index (Phi) is 6.56. The van der Waals surface area contributed by atoms with Crippen molar-refractivity contribution in [1.82, 2.24) is 4.90 Å². The molecular formula is C10H19NOS2. The van der Waals surface area contributed by atoms with Crippen molar-refractivity contribution in [2.45, 2.75) is 32.1 Å². The minimum atomic E-state index is 0.273. The van der Waals surface area contributed by atoms with Crippen LogP contribution in [-0.4, -0.2) is 39.8 Å². The number of aliphatic hydroxyl groups is 1. The maximum absolute atomic E-state index is 8.66. The average molecular weight is 233 g/mol. The molecule has 82 valence electrons. The van der Waals surface area contributed by atoms with Gasteiger partial charge in [-0.15, -0.1) is 0 Å². The second-order valence-electron chi connectivity index (χ2n) is 3.59. The van der Waals surface area contributed by atoms with Crippen molar-refractivity contribution in [1.29, 1.82) is 0 Å². The summed E-state index contributed by atoms with van der Waals surface area (Å²) >= 11 is 7.07. The molecule has 1 aliphatic rings. The Morgan fingerprint density at radius 3 is 2.43 bits per heavy atom. The molecule has 1 N–H and O–H groups in total. The average Bonchev–Trinajstić information content (AvgIpc) is 2.46. The summed E-state index contributed by atoms with van der Waals surface area (Å²) in [6.07, 6.45) is 6.10. The van der Waals surface area contributed by atoms with E-state index >= 15 is 0 Å². The predicted octanol–water partition coefficient (Wildman–Crippen LogP) is 2.26. The summed E-state index contributed by atoms with van der Waals surface area (Å²) in [6.45, 7) is 2.53. The molecule has 0 atom stereocenters. The lowest BCUT2D eigenvalue weighted by molar-refractivity contribution is 0.296. The molecule has 0 bridgehead atoms. The molecule has 0 unspecified atom stereocenters. The number of aliphatic hydroxyl groups excluding tert-OH is 1. The SMILES string of the molecule is OCCCSC(=S)N1CCCCCC1. The fourth-order valence-corrected chi connectivity index (χ4v) is 2.81. The van der Waals surface area contributed by atoms with Crippen LogP contribution in [0.2, 0.25) is 0 Å². The third-order valence-corrected chi connectivity index (χ3v) is 4.00. The van der Waals surface area contributed by atoms with E-state index in [4.69, 9.17) is 17.3 Å². The molecule has 1 heterocycles. The standard InChI is InChI=1S/C10H19NOS2/c12-8-5-9-14-10(13)11-6-3-1-2-4-7-11/h12H,1-9H2. The van der Waals surface area contributed by atoms with Crippen LogP contribution in [0.4, 0.5) is 0 Å². The zero-order chi connectivity index (χ0) is 10.2. The largest absolute Gasteiger partial charge is 0.396 e. The first kappa shape index (κ1) is 12.3. The van der Waals surface area contributed by atoms with Gasteiger partial charge in [0.15, 0.2) is 0 Å². The molecule has 1 aliphatic heterocycles. The van der Waals surface area contributed by atoms with E-state index in [-0.39, 0.29) is 6.61 Å². The molecule has 0 amide bonds.